The molecule has 106 valence electrons. The van der Waals surface area contributed by atoms with Gasteiger partial charge < -0.3 is 5.73 Å². The Hall–Kier alpha value is -2.28. The molecular weight excluding hydrogens is 337 g/mol. The highest BCUT2D eigenvalue weighted by Crippen LogP contribution is 2.28. The van der Waals surface area contributed by atoms with Gasteiger partial charge in [-0.15, -0.1) is 5.10 Å². The van der Waals surface area contributed by atoms with Crippen LogP contribution in [0.5, 0.6) is 0 Å². The van der Waals surface area contributed by atoms with Gasteiger partial charge in [0.15, 0.2) is 5.82 Å². The number of halogens is 2. The fourth-order valence-corrected chi connectivity index (χ4v) is 2.54. The fourth-order valence-electron chi connectivity index (χ4n) is 2.08. The van der Waals surface area contributed by atoms with Gasteiger partial charge in [0.25, 0.3) is 0 Å². The van der Waals surface area contributed by atoms with E-state index >= 15 is 0 Å². The number of tetrazole rings is 1. The van der Waals surface area contributed by atoms with Crippen molar-refractivity contribution < 1.29 is 4.39 Å². The number of nitrogen functional groups attached to an aromatic ring is 1. The molecule has 0 bridgehead atoms. The van der Waals surface area contributed by atoms with Crippen LogP contribution >= 0.6 is 15.9 Å². The van der Waals surface area contributed by atoms with Gasteiger partial charge in [-0.2, -0.15) is 4.68 Å². The number of hydrogen-bond donors (Lipinski definition) is 1. The third kappa shape index (κ3) is 2.40. The van der Waals surface area contributed by atoms with E-state index in [-0.39, 0.29) is 5.82 Å². The Morgan fingerprint density at radius 2 is 2.00 bits per heavy atom. The first-order chi connectivity index (χ1) is 10.1. The molecule has 0 saturated carbocycles. The van der Waals surface area contributed by atoms with Crippen molar-refractivity contribution in [3.8, 4) is 17.1 Å². The van der Waals surface area contributed by atoms with E-state index in [2.05, 4.69) is 31.5 Å². The van der Waals surface area contributed by atoms with Gasteiger partial charge in [0, 0.05) is 17.3 Å². The lowest BCUT2D eigenvalue weighted by Gasteiger charge is -2.10. The van der Waals surface area contributed by atoms with Crippen molar-refractivity contribution >= 4 is 21.6 Å². The second-order valence-electron chi connectivity index (χ2n) is 4.55. The molecule has 0 unspecified atom stereocenters. The van der Waals surface area contributed by atoms with Crippen LogP contribution in [0.15, 0.2) is 40.9 Å². The van der Waals surface area contributed by atoms with Crippen LogP contribution in [0, 0.1) is 12.7 Å². The highest BCUT2D eigenvalue weighted by atomic mass is 79.9. The minimum atomic E-state index is -0.377. The van der Waals surface area contributed by atoms with Gasteiger partial charge in [-0.25, -0.2) is 4.39 Å². The van der Waals surface area contributed by atoms with Crippen LogP contribution in [-0.2, 0) is 0 Å². The Labute approximate surface area is 128 Å². The Morgan fingerprint density at radius 3 is 2.76 bits per heavy atom. The van der Waals surface area contributed by atoms with Gasteiger partial charge in [0.05, 0.1) is 10.2 Å². The molecule has 0 spiro atoms. The molecule has 0 fully saturated rings. The number of rotatable bonds is 2. The van der Waals surface area contributed by atoms with Gasteiger partial charge in [0.2, 0.25) is 0 Å². The molecule has 1 aromatic heterocycles. The Balaban J connectivity index is 2.21. The maximum absolute atomic E-state index is 13.8. The molecule has 0 saturated heterocycles. The number of aromatic nitrogens is 4. The van der Waals surface area contributed by atoms with Crippen molar-refractivity contribution in [2.45, 2.75) is 6.92 Å². The van der Waals surface area contributed by atoms with E-state index in [1.807, 2.05) is 25.1 Å². The third-order valence-electron chi connectivity index (χ3n) is 3.14. The summed E-state index contributed by atoms with van der Waals surface area (Å²) in [4.78, 5) is 0. The van der Waals surface area contributed by atoms with Crippen LogP contribution in [0.3, 0.4) is 0 Å². The summed E-state index contributed by atoms with van der Waals surface area (Å²) in [5.41, 5.74) is 8.63. The van der Waals surface area contributed by atoms with Crippen molar-refractivity contribution in [2.75, 3.05) is 5.73 Å². The molecule has 0 atom stereocenters. The lowest BCUT2D eigenvalue weighted by atomic mass is 10.1. The van der Waals surface area contributed by atoms with Crippen LogP contribution < -0.4 is 5.73 Å². The van der Waals surface area contributed by atoms with Gasteiger partial charge in [-0.3, -0.25) is 0 Å². The van der Waals surface area contributed by atoms with Crippen LogP contribution in [0.2, 0.25) is 0 Å². The molecule has 0 aliphatic rings. The number of benzene rings is 2. The molecule has 2 aromatic carbocycles. The first kappa shape index (κ1) is 13.7. The zero-order valence-corrected chi connectivity index (χ0v) is 12.7. The molecule has 0 amide bonds. The molecule has 21 heavy (non-hydrogen) atoms. The van der Waals surface area contributed by atoms with E-state index in [0.29, 0.717) is 27.2 Å². The number of anilines is 1. The van der Waals surface area contributed by atoms with Crippen molar-refractivity contribution in [2.24, 2.45) is 0 Å². The van der Waals surface area contributed by atoms with Crippen LogP contribution in [0.4, 0.5) is 10.1 Å². The molecular formula is C14H11BrFN5. The summed E-state index contributed by atoms with van der Waals surface area (Å²) in [5, 5.41) is 11.6. The highest BCUT2D eigenvalue weighted by Gasteiger charge is 2.16. The summed E-state index contributed by atoms with van der Waals surface area (Å²) in [7, 11) is 0. The molecule has 0 aliphatic heterocycles. The third-order valence-corrected chi connectivity index (χ3v) is 3.75. The molecule has 5 nitrogen and oxygen atoms in total. The zero-order chi connectivity index (χ0) is 15.0. The number of nitrogens with zero attached hydrogens (tertiary/aromatic N) is 4. The predicted molar refractivity (Wildman–Crippen MR) is 81.4 cm³/mol. The average Bonchev–Trinajstić information content (AvgIpc) is 2.92. The monoisotopic (exact) mass is 347 g/mol. The second-order valence-corrected chi connectivity index (χ2v) is 5.41. The summed E-state index contributed by atoms with van der Waals surface area (Å²) in [6, 6.07) is 10.3. The summed E-state index contributed by atoms with van der Waals surface area (Å²) >= 11 is 3.16. The maximum atomic E-state index is 13.8. The van der Waals surface area contributed by atoms with E-state index in [1.165, 1.54) is 10.7 Å². The zero-order valence-electron chi connectivity index (χ0n) is 11.1. The minimum Gasteiger partial charge on any atom is -0.398 e. The number of aryl methyl sites for hydroxylation is 1. The average molecular weight is 348 g/mol. The Morgan fingerprint density at radius 1 is 1.24 bits per heavy atom. The Bertz CT molecular complexity index is 815. The summed E-state index contributed by atoms with van der Waals surface area (Å²) in [5.74, 6) is 0.0935. The fraction of sp³-hybridized carbons (Fsp3) is 0.0714. The van der Waals surface area contributed by atoms with E-state index in [9.17, 15) is 4.39 Å². The normalized spacial score (nSPS) is 10.8. The smallest absolute Gasteiger partial charge is 0.189 e. The highest BCUT2D eigenvalue weighted by molar-refractivity contribution is 9.10. The van der Waals surface area contributed by atoms with Gasteiger partial charge in [-0.1, -0.05) is 12.1 Å². The number of para-hydroxylation sites is 1. The van der Waals surface area contributed by atoms with Gasteiger partial charge in [-0.05, 0) is 57.0 Å². The van der Waals surface area contributed by atoms with E-state index in [0.717, 1.165) is 5.56 Å². The number of hydrogen-bond acceptors (Lipinski definition) is 4. The molecule has 2 N–H and O–H groups in total. The van der Waals surface area contributed by atoms with Crippen LogP contribution in [0.25, 0.3) is 17.1 Å². The van der Waals surface area contributed by atoms with Crippen molar-refractivity contribution in [3.63, 3.8) is 0 Å². The molecule has 3 rings (SSSR count). The first-order valence-corrected chi connectivity index (χ1v) is 6.96. The Kier molecular flexibility index (Phi) is 3.42. The van der Waals surface area contributed by atoms with Crippen LogP contribution in [-0.4, -0.2) is 20.2 Å². The van der Waals surface area contributed by atoms with Crippen molar-refractivity contribution in [1.29, 1.82) is 0 Å². The minimum absolute atomic E-state index is 0.377. The second kappa shape index (κ2) is 5.25. The maximum Gasteiger partial charge on any atom is 0.189 e. The SMILES string of the molecule is Cc1cc(Br)c(F)cc1-n1nnnc1-c1ccccc1N. The largest absolute Gasteiger partial charge is 0.398 e. The predicted octanol–water partition coefficient (Wildman–Crippen LogP) is 3.12. The van der Waals surface area contributed by atoms with Gasteiger partial charge in [0.1, 0.15) is 5.82 Å². The van der Waals surface area contributed by atoms with Crippen molar-refractivity contribution in [3.05, 3.63) is 52.3 Å². The van der Waals surface area contributed by atoms with Gasteiger partial charge >= 0.3 is 0 Å². The molecule has 0 aliphatic carbocycles. The number of nitrogens with two attached hydrogens (primary N) is 1. The quantitative estimate of drug-likeness (QED) is 0.723. The topological polar surface area (TPSA) is 69.6 Å². The van der Waals surface area contributed by atoms with E-state index < -0.39 is 0 Å². The van der Waals surface area contributed by atoms with E-state index in [1.54, 1.807) is 12.1 Å². The molecule has 0 radical (unpaired) electrons. The van der Waals surface area contributed by atoms with E-state index in [4.69, 9.17) is 5.73 Å². The molecule has 3 aromatic rings. The standard InChI is InChI=1S/C14H11BrFN5/c1-8-6-10(15)11(16)7-13(8)21-14(18-19-20-21)9-4-2-3-5-12(9)17/h2-7H,17H2,1H3. The first-order valence-electron chi connectivity index (χ1n) is 6.17. The summed E-state index contributed by atoms with van der Waals surface area (Å²) in [6.45, 7) is 1.86. The lowest BCUT2D eigenvalue weighted by Crippen LogP contribution is -2.04. The van der Waals surface area contributed by atoms with Crippen molar-refractivity contribution in [1.82, 2.24) is 20.2 Å². The molecule has 7 heteroatoms. The summed E-state index contributed by atoms with van der Waals surface area (Å²) < 4.78 is 15.7. The van der Waals surface area contributed by atoms with Crippen LogP contribution in [0.1, 0.15) is 5.56 Å². The summed E-state index contributed by atoms with van der Waals surface area (Å²) in [6.07, 6.45) is 0. The lowest BCUT2D eigenvalue weighted by molar-refractivity contribution is 0.617. The molecule has 1 heterocycles.